The number of nitrogen functional groups attached to an aromatic ring is 1. The summed E-state index contributed by atoms with van der Waals surface area (Å²) < 4.78 is 41.1. The van der Waals surface area contributed by atoms with E-state index in [1.807, 2.05) is 19.1 Å². The zero-order chi connectivity index (χ0) is 41.7. The van der Waals surface area contributed by atoms with Gasteiger partial charge in [-0.25, -0.2) is 4.39 Å². The van der Waals surface area contributed by atoms with E-state index in [0.29, 0.717) is 68.1 Å². The van der Waals surface area contributed by atoms with E-state index < -0.39 is 25.4 Å². The van der Waals surface area contributed by atoms with Gasteiger partial charge in [0.05, 0.1) is 35.8 Å². The molecule has 2 aromatic carbocycles. The monoisotopic (exact) mass is 849 g/mol. The van der Waals surface area contributed by atoms with Crippen molar-refractivity contribution in [2.45, 2.75) is 94.5 Å². The first-order valence-electron chi connectivity index (χ1n) is 21.0. The fraction of sp³-hybridized carbons (Fsp3) is 0.500. The second-order valence-corrected chi connectivity index (χ2v) is 23.3. The highest BCUT2D eigenvalue weighted by Crippen LogP contribution is 2.49. The van der Waals surface area contributed by atoms with Crippen LogP contribution in [0, 0.1) is 11.3 Å². The van der Waals surface area contributed by atoms with E-state index in [-0.39, 0.29) is 35.4 Å². The predicted molar refractivity (Wildman–Crippen MR) is 230 cm³/mol. The summed E-state index contributed by atoms with van der Waals surface area (Å²) in [5.41, 5.74) is 6.51. The van der Waals surface area contributed by atoms with Gasteiger partial charge in [-0.15, -0.1) is 11.3 Å². The van der Waals surface area contributed by atoms with E-state index in [2.05, 4.69) is 90.3 Å². The van der Waals surface area contributed by atoms with Crippen molar-refractivity contribution in [3.63, 3.8) is 0 Å². The third-order valence-corrected chi connectivity index (χ3v) is 19.1. The number of benzene rings is 2. The van der Waals surface area contributed by atoms with E-state index in [1.165, 1.54) is 21.7 Å². The van der Waals surface area contributed by atoms with Gasteiger partial charge in [-0.1, -0.05) is 86.6 Å². The van der Waals surface area contributed by atoms with Crippen molar-refractivity contribution in [1.82, 2.24) is 30.0 Å². The fourth-order valence-corrected chi connectivity index (χ4v) is 16.0. The minimum absolute atomic E-state index is 0.100. The Morgan fingerprint density at radius 2 is 1.73 bits per heavy atom. The number of ether oxygens (including phenoxy) is 2. The highest BCUT2D eigenvalue weighted by molar-refractivity contribution is 7.16. The van der Waals surface area contributed by atoms with E-state index in [4.69, 9.17) is 44.1 Å². The Morgan fingerprint density at radius 3 is 2.45 bits per heavy atom. The van der Waals surface area contributed by atoms with Gasteiger partial charge in [0.1, 0.15) is 23.8 Å². The maximum absolute atomic E-state index is 14.8. The van der Waals surface area contributed by atoms with Crippen molar-refractivity contribution in [3.05, 3.63) is 82.6 Å². The van der Waals surface area contributed by atoms with Crippen LogP contribution in [0.2, 0.25) is 5.04 Å². The summed E-state index contributed by atoms with van der Waals surface area (Å²) in [7, 11) is -2.94. The van der Waals surface area contributed by atoms with Crippen LogP contribution in [0.1, 0.15) is 81.7 Å². The van der Waals surface area contributed by atoms with Crippen molar-refractivity contribution in [2.24, 2.45) is 0 Å². The quantitative estimate of drug-likeness (QED) is 0.168. The van der Waals surface area contributed by atoms with Gasteiger partial charge in [0, 0.05) is 36.5 Å². The summed E-state index contributed by atoms with van der Waals surface area (Å²) in [6.45, 7) is 12.0. The number of nitrogens with two attached hydrogens (primary N) is 1. The SMILES string of the molecule is CC(C)(C)[Si](O[C@H]1COCCN(c2nc(OC[C@@]34CCCN3C[C@H](F)C4)nc(-c3noc([C@@]4(C)CCCc5sc(N)c(C#N)c54)n3)n2)C1)(c1ccccc1)c1ccccc1. The number of hydrogen-bond donors (Lipinski definition) is 1. The normalized spacial score (nSPS) is 24.8. The van der Waals surface area contributed by atoms with E-state index in [0.717, 1.165) is 42.7 Å². The van der Waals surface area contributed by atoms with Gasteiger partial charge in [0.15, 0.2) is 0 Å². The number of nitrogens with zero attached hydrogens (tertiary/aromatic N) is 8. The first-order chi connectivity index (χ1) is 28.9. The lowest BCUT2D eigenvalue weighted by atomic mass is 9.72. The molecule has 1 aliphatic carbocycles. The lowest BCUT2D eigenvalue weighted by Gasteiger charge is -2.45. The zero-order valence-electron chi connectivity index (χ0n) is 34.7. The van der Waals surface area contributed by atoms with Gasteiger partial charge in [0.2, 0.25) is 23.5 Å². The first-order valence-corrected chi connectivity index (χ1v) is 23.7. The van der Waals surface area contributed by atoms with Crippen LogP contribution < -0.4 is 25.7 Å². The molecule has 0 amide bonds. The number of fused-ring (bicyclic) bond motifs is 2. The minimum atomic E-state index is -2.94. The van der Waals surface area contributed by atoms with Gasteiger partial charge in [0.25, 0.3) is 8.32 Å². The molecule has 0 spiro atoms. The lowest BCUT2D eigenvalue weighted by Crippen LogP contribution is -2.68. The molecular formula is C44H52FN9O4SSi. The summed E-state index contributed by atoms with van der Waals surface area (Å²) in [6.07, 6.45) is 3.42. The summed E-state index contributed by atoms with van der Waals surface area (Å²) in [6, 6.07) is 23.6. The van der Waals surface area contributed by atoms with Gasteiger partial charge in [-0.3, -0.25) is 4.90 Å². The Kier molecular flexibility index (Phi) is 10.8. The number of nitriles is 1. The Hall–Kier alpha value is -4.79. The van der Waals surface area contributed by atoms with Crippen molar-refractivity contribution < 1.29 is 22.8 Å². The van der Waals surface area contributed by atoms with Crippen LogP contribution in [0.25, 0.3) is 11.6 Å². The molecule has 314 valence electrons. The van der Waals surface area contributed by atoms with Crippen LogP contribution in [0.4, 0.5) is 15.3 Å². The number of hydrogen-bond acceptors (Lipinski definition) is 14. The summed E-state index contributed by atoms with van der Waals surface area (Å²) in [5.74, 6) is 1.08. The molecule has 0 unspecified atom stereocenters. The molecule has 3 saturated heterocycles. The summed E-state index contributed by atoms with van der Waals surface area (Å²) in [5, 5.41) is 17.1. The second kappa shape index (κ2) is 15.9. The number of thiophene rings is 1. The van der Waals surface area contributed by atoms with Gasteiger partial charge in [-0.05, 0) is 61.0 Å². The van der Waals surface area contributed by atoms with Crippen molar-refractivity contribution in [2.75, 3.05) is 56.6 Å². The molecule has 0 radical (unpaired) electrons. The molecule has 5 aromatic rings. The van der Waals surface area contributed by atoms with E-state index >= 15 is 0 Å². The Bertz CT molecular complexity index is 2330. The maximum atomic E-state index is 14.8. The molecular weight excluding hydrogens is 798 g/mol. The molecule has 0 saturated carbocycles. The number of rotatable bonds is 10. The Labute approximate surface area is 355 Å². The number of halogens is 1. The fourth-order valence-electron chi connectivity index (χ4n) is 10.1. The number of aromatic nitrogens is 5. The molecule has 16 heteroatoms. The molecule has 6 heterocycles. The Balaban J connectivity index is 1.08. The standard InChI is InChI=1S/C44H52FN9O4SSi/c1-42(2,3)60(31-13-7-5-8-14-31,32-15-9-6-10-16-32)58-30-26-53(21-22-55-27-30)40-49-37(50-41(51-40)56-28-44-19-12-20-54(44)25-29(45)23-44)38-48-39(57-52-38)43(4)18-11-17-34-35(43)33(24-46)36(47)59-34/h5-10,13-16,29-30H,11-12,17-23,25-28,47H2,1-4H3/t29-,30-,43+,44+/m1/s1. The molecule has 2 N–H and O–H groups in total. The smallest absolute Gasteiger partial charge is 0.321 e. The van der Waals surface area contributed by atoms with Crippen LogP contribution in [0.3, 0.4) is 0 Å². The van der Waals surface area contributed by atoms with Gasteiger partial charge < -0.3 is 29.1 Å². The molecule has 4 aliphatic rings. The molecule has 3 fully saturated rings. The largest absolute Gasteiger partial charge is 0.461 e. The van der Waals surface area contributed by atoms with Crippen LogP contribution in [0.15, 0.2) is 65.2 Å². The molecule has 3 aromatic heterocycles. The van der Waals surface area contributed by atoms with Crippen LogP contribution in [0.5, 0.6) is 6.01 Å². The summed E-state index contributed by atoms with van der Waals surface area (Å²) >= 11 is 1.45. The third kappa shape index (κ3) is 7.17. The average molecular weight is 850 g/mol. The van der Waals surface area contributed by atoms with E-state index in [1.54, 1.807) is 0 Å². The molecule has 9 rings (SSSR count). The predicted octanol–water partition coefficient (Wildman–Crippen LogP) is 5.82. The Morgan fingerprint density at radius 1 is 0.983 bits per heavy atom. The van der Waals surface area contributed by atoms with Crippen molar-refractivity contribution in [1.29, 1.82) is 5.26 Å². The van der Waals surface area contributed by atoms with Gasteiger partial charge >= 0.3 is 6.01 Å². The number of anilines is 2. The molecule has 13 nitrogen and oxygen atoms in total. The maximum Gasteiger partial charge on any atom is 0.321 e. The van der Waals surface area contributed by atoms with Crippen molar-refractivity contribution in [3.8, 4) is 23.7 Å². The average Bonchev–Trinajstić information content (AvgIpc) is 3.99. The van der Waals surface area contributed by atoms with Crippen LogP contribution in [-0.2, 0) is 21.0 Å². The molecule has 60 heavy (non-hydrogen) atoms. The number of aryl methyl sites for hydroxylation is 1. The third-order valence-electron chi connectivity index (χ3n) is 13.0. The minimum Gasteiger partial charge on any atom is -0.461 e. The molecule has 3 aliphatic heterocycles. The van der Waals surface area contributed by atoms with Crippen LogP contribution in [-0.4, -0.2) is 102 Å². The number of alkyl halides is 1. The lowest BCUT2D eigenvalue weighted by molar-refractivity contribution is 0.0678. The first kappa shape index (κ1) is 40.6. The zero-order valence-corrected chi connectivity index (χ0v) is 36.5. The molecule has 4 atom stereocenters. The topological polar surface area (TPSA) is 162 Å². The highest BCUT2D eigenvalue weighted by Gasteiger charge is 2.52. The summed E-state index contributed by atoms with van der Waals surface area (Å²) in [4.78, 5) is 24.9. The van der Waals surface area contributed by atoms with Crippen LogP contribution >= 0.6 is 11.3 Å². The highest BCUT2D eigenvalue weighted by atomic mass is 32.1. The van der Waals surface area contributed by atoms with Crippen molar-refractivity contribution >= 4 is 41.0 Å². The second-order valence-electron chi connectivity index (χ2n) is 17.9. The van der Waals surface area contributed by atoms with E-state index in [9.17, 15) is 9.65 Å². The van der Waals surface area contributed by atoms with Gasteiger partial charge in [-0.2, -0.15) is 25.2 Å². The molecule has 0 bridgehead atoms.